The lowest BCUT2D eigenvalue weighted by atomic mass is 10.0. The molecule has 0 spiro atoms. The summed E-state index contributed by atoms with van der Waals surface area (Å²) in [7, 11) is 0. The largest absolute Gasteiger partial charge is 0.456 e. The normalized spacial score (nSPS) is 16.9. The Hall–Kier alpha value is -4.63. The molecule has 0 saturated carbocycles. The second kappa shape index (κ2) is 14.0. The monoisotopic (exact) mass is 609 g/mol. The third-order valence-electron chi connectivity index (χ3n) is 8.14. The molecule has 2 heterocycles. The highest BCUT2D eigenvalue weighted by atomic mass is 19.1. The lowest BCUT2D eigenvalue weighted by Gasteiger charge is -2.45. The van der Waals surface area contributed by atoms with E-state index in [0.717, 1.165) is 22.3 Å². The minimum absolute atomic E-state index is 0.0838. The van der Waals surface area contributed by atoms with Crippen LogP contribution in [0.25, 0.3) is 11.4 Å². The van der Waals surface area contributed by atoms with Crippen molar-refractivity contribution in [2.75, 3.05) is 13.1 Å². The highest BCUT2D eigenvalue weighted by Crippen LogP contribution is 2.33. The van der Waals surface area contributed by atoms with Gasteiger partial charge in [0.15, 0.2) is 5.82 Å². The predicted molar refractivity (Wildman–Crippen MR) is 172 cm³/mol. The van der Waals surface area contributed by atoms with E-state index in [2.05, 4.69) is 15.3 Å². The summed E-state index contributed by atoms with van der Waals surface area (Å²) in [6.07, 6.45) is 3.39. The molecule has 45 heavy (non-hydrogen) atoms. The van der Waals surface area contributed by atoms with Gasteiger partial charge in [0.2, 0.25) is 11.8 Å². The number of hydrogen-bond donors (Lipinski definition) is 1. The molecule has 0 aliphatic carbocycles. The van der Waals surface area contributed by atoms with Gasteiger partial charge in [-0.05, 0) is 55.7 Å². The molecule has 1 aliphatic heterocycles. The number of halogens is 1. The third kappa shape index (κ3) is 7.37. The molecule has 3 aromatic carbocycles. The topological polar surface area (TPSA) is 87.7 Å². The van der Waals surface area contributed by atoms with E-state index < -0.39 is 6.04 Å². The SMILES string of the molecule is Cc1cccc(C)c1Oc1cccc(F)c1CN1C[C@@H](C)N(C(=O)C(C)C)[C@@H](C(=O)NCc2ccc(-c3ncccn3)cc2)C1. The number of piperazine rings is 1. The zero-order chi connectivity index (χ0) is 32.1. The van der Waals surface area contributed by atoms with Crippen LogP contribution in [0.4, 0.5) is 4.39 Å². The third-order valence-corrected chi connectivity index (χ3v) is 8.14. The van der Waals surface area contributed by atoms with Crippen LogP contribution in [0.15, 0.2) is 79.1 Å². The molecule has 0 radical (unpaired) electrons. The molecule has 2 amide bonds. The lowest BCUT2D eigenvalue weighted by molar-refractivity contribution is -0.150. The van der Waals surface area contributed by atoms with Crippen molar-refractivity contribution in [2.45, 2.75) is 59.8 Å². The predicted octanol–water partition coefficient (Wildman–Crippen LogP) is 6.07. The van der Waals surface area contributed by atoms with E-state index in [4.69, 9.17) is 4.74 Å². The van der Waals surface area contributed by atoms with Crippen molar-refractivity contribution in [3.63, 3.8) is 0 Å². The number of rotatable bonds is 9. The average molecular weight is 610 g/mol. The summed E-state index contributed by atoms with van der Waals surface area (Å²) in [5, 5.41) is 3.04. The quantitative estimate of drug-likeness (QED) is 0.248. The molecule has 1 saturated heterocycles. The Kier molecular flexibility index (Phi) is 9.88. The number of carbonyl (C=O) groups excluding carboxylic acids is 2. The maximum absolute atomic E-state index is 15.4. The van der Waals surface area contributed by atoms with Gasteiger partial charge in [-0.15, -0.1) is 0 Å². The Morgan fingerprint density at radius 2 is 1.62 bits per heavy atom. The van der Waals surface area contributed by atoms with Crippen molar-refractivity contribution < 1.29 is 18.7 Å². The maximum Gasteiger partial charge on any atom is 0.244 e. The molecule has 8 nitrogen and oxygen atoms in total. The van der Waals surface area contributed by atoms with Crippen LogP contribution in [0.5, 0.6) is 11.5 Å². The molecule has 5 rings (SSSR count). The average Bonchev–Trinajstić information content (AvgIpc) is 3.03. The first-order chi connectivity index (χ1) is 21.6. The summed E-state index contributed by atoms with van der Waals surface area (Å²) in [5.41, 5.74) is 4.12. The lowest BCUT2D eigenvalue weighted by Crippen LogP contribution is -2.64. The van der Waals surface area contributed by atoms with Crippen molar-refractivity contribution in [1.29, 1.82) is 0 Å². The standard InChI is InChI=1S/C36H40FN5O3/c1-23(2)36(44)42-26(5)20-41(21-29-30(37)11-7-12-32(29)45-33-24(3)9-6-10-25(33)4)22-31(42)35(43)40-19-27-13-15-28(16-14-27)34-38-17-8-18-39-34/h6-18,23,26,31H,19-22H2,1-5H3,(H,40,43)/t26-,31-/m1/s1. The van der Waals surface area contributed by atoms with Crippen molar-refractivity contribution in [3.8, 4) is 22.9 Å². The number of nitrogens with zero attached hydrogens (tertiary/aromatic N) is 4. The van der Waals surface area contributed by atoms with Gasteiger partial charge in [0, 0.05) is 61.7 Å². The van der Waals surface area contributed by atoms with Gasteiger partial charge in [-0.2, -0.15) is 0 Å². The number of amides is 2. The van der Waals surface area contributed by atoms with Crippen molar-refractivity contribution in [3.05, 3.63) is 107 Å². The minimum atomic E-state index is -0.740. The van der Waals surface area contributed by atoms with Gasteiger partial charge in [-0.3, -0.25) is 14.5 Å². The fourth-order valence-electron chi connectivity index (χ4n) is 5.79. The van der Waals surface area contributed by atoms with Crippen LogP contribution in [0, 0.1) is 25.6 Å². The molecule has 2 atom stereocenters. The van der Waals surface area contributed by atoms with E-state index in [1.165, 1.54) is 6.07 Å². The number of carbonyl (C=O) groups is 2. The van der Waals surface area contributed by atoms with E-state index in [1.54, 1.807) is 35.5 Å². The van der Waals surface area contributed by atoms with E-state index >= 15 is 4.39 Å². The Labute approximate surface area is 264 Å². The van der Waals surface area contributed by atoms with Gasteiger partial charge in [-0.25, -0.2) is 14.4 Å². The molecule has 9 heteroatoms. The fourth-order valence-corrected chi connectivity index (χ4v) is 5.79. The summed E-state index contributed by atoms with van der Waals surface area (Å²) in [6.45, 7) is 10.8. The molecule has 1 aliphatic rings. The van der Waals surface area contributed by atoms with Crippen LogP contribution in [-0.4, -0.2) is 56.8 Å². The summed E-state index contributed by atoms with van der Waals surface area (Å²) in [5.74, 6) is 0.779. The second-order valence-electron chi connectivity index (χ2n) is 12.0. The number of aromatic nitrogens is 2. The fraction of sp³-hybridized carbons (Fsp3) is 0.333. The van der Waals surface area contributed by atoms with E-state index in [9.17, 15) is 9.59 Å². The molecule has 1 aromatic heterocycles. The van der Waals surface area contributed by atoms with Crippen molar-refractivity contribution >= 4 is 11.8 Å². The second-order valence-corrected chi connectivity index (χ2v) is 12.0. The Bertz CT molecular complexity index is 1620. The minimum Gasteiger partial charge on any atom is -0.456 e. The molecular formula is C36H40FN5O3. The van der Waals surface area contributed by atoms with Crippen LogP contribution in [0.1, 0.15) is 43.0 Å². The molecule has 4 aromatic rings. The molecule has 1 fully saturated rings. The first kappa shape index (κ1) is 31.8. The maximum atomic E-state index is 15.4. The van der Waals surface area contributed by atoms with Gasteiger partial charge in [0.25, 0.3) is 0 Å². The van der Waals surface area contributed by atoms with E-state index in [1.807, 2.05) is 82.0 Å². The van der Waals surface area contributed by atoms with Gasteiger partial charge in [-0.1, -0.05) is 62.4 Å². The summed E-state index contributed by atoms with van der Waals surface area (Å²) >= 11 is 0. The van der Waals surface area contributed by atoms with Gasteiger partial charge >= 0.3 is 0 Å². The summed E-state index contributed by atoms with van der Waals surface area (Å²) < 4.78 is 21.7. The first-order valence-corrected chi connectivity index (χ1v) is 15.3. The number of benzene rings is 3. The van der Waals surface area contributed by atoms with Gasteiger partial charge in [0.05, 0.1) is 0 Å². The van der Waals surface area contributed by atoms with E-state index in [-0.39, 0.29) is 42.7 Å². The number of nitrogens with one attached hydrogen (secondary N) is 1. The van der Waals surface area contributed by atoms with Gasteiger partial charge < -0.3 is 15.0 Å². The number of aryl methyl sites for hydroxylation is 2. The van der Waals surface area contributed by atoms with Crippen molar-refractivity contribution in [2.24, 2.45) is 5.92 Å². The van der Waals surface area contributed by atoms with Crippen molar-refractivity contribution in [1.82, 2.24) is 25.1 Å². The van der Waals surface area contributed by atoms with Crippen LogP contribution in [0.2, 0.25) is 0 Å². The summed E-state index contributed by atoms with van der Waals surface area (Å²) in [6, 6.07) is 19.2. The summed E-state index contributed by atoms with van der Waals surface area (Å²) in [4.78, 5) is 39.4. The molecule has 1 N–H and O–H groups in total. The van der Waals surface area contributed by atoms with Crippen LogP contribution in [0.3, 0.4) is 0 Å². The van der Waals surface area contributed by atoms with Crippen LogP contribution >= 0.6 is 0 Å². The van der Waals surface area contributed by atoms with Crippen LogP contribution < -0.4 is 10.1 Å². The van der Waals surface area contributed by atoms with E-state index in [0.29, 0.717) is 36.0 Å². The molecular weight excluding hydrogens is 569 g/mol. The van der Waals surface area contributed by atoms with Crippen LogP contribution in [-0.2, 0) is 22.7 Å². The molecule has 0 bridgehead atoms. The number of ether oxygens (including phenoxy) is 1. The number of hydrogen-bond acceptors (Lipinski definition) is 6. The Morgan fingerprint density at radius 3 is 2.29 bits per heavy atom. The highest BCUT2D eigenvalue weighted by Gasteiger charge is 2.40. The Morgan fingerprint density at radius 1 is 0.956 bits per heavy atom. The Balaban J connectivity index is 1.34. The highest BCUT2D eigenvalue weighted by molar-refractivity contribution is 5.89. The zero-order valence-corrected chi connectivity index (χ0v) is 26.5. The molecule has 0 unspecified atom stereocenters. The zero-order valence-electron chi connectivity index (χ0n) is 26.5. The smallest absolute Gasteiger partial charge is 0.244 e. The first-order valence-electron chi connectivity index (χ1n) is 15.3. The van der Waals surface area contributed by atoms with Gasteiger partial charge in [0.1, 0.15) is 23.4 Å². The number of para-hydroxylation sites is 1. The molecule has 234 valence electrons.